The quantitative estimate of drug-likeness (QED) is 0.809. The molecule has 0 aliphatic heterocycles. The van der Waals surface area contributed by atoms with E-state index in [0.717, 1.165) is 6.42 Å². The standard InChI is InChI=1S/C14H20F2N2O2/c1-9(2)7-10(8-17)18-13(19)11-5-3-4-6-12(11)20-14(15)16/h3-6,9-10,14H,7-8,17H2,1-2H3,(H,18,19). The van der Waals surface area contributed by atoms with Crippen molar-refractivity contribution < 1.29 is 18.3 Å². The molecular formula is C14H20F2N2O2. The second-order valence-electron chi connectivity index (χ2n) is 4.91. The van der Waals surface area contributed by atoms with Crippen molar-refractivity contribution in [2.75, 3.05) is 6.54 Å². The van der Waals surface area contributed by atoms with E-state index in [-0.39, 0.29) is 17.4 Å². The molecule has 0 spiro atoms. The average molecular weight is 286 g/mol. The van der Waals surface area contributed by atoms with Crippen LogP contribution in [0.15, 0.2) is 24.3 Å². The first-order valence-electron chi connectivity index (χ1n) is 6.48. The SMILES string of the molecule is CC(C)CC(CN)NC(=O)c1ccccc1OC(F)F. The van der Waals surface area contributed by atoms with Crippen LogP contribution in [0.1, 0.15) is 30.6 Å². The fourth-order valence-corrected chi connectivity index (χ4v) is 1.90. The van der Waals surface area contributed by atoms with Gasteiger partial charge in [0.05, 0.1) is 5.56 Å². The summed E-state index contributed by atoms with van der Waals surface area (Å²) in [5.74, 6) is -0.228. The molecule has 3 N–H and O–H groups in total. The van der Waals surface area contributed by atoms with Crippen LogP contribution in [0.5, 0.6) is 5.75 Å². The van der Waals surface area contributed by atoms with Gasteiger partial charge in [0.1, 0.15) is 5.75 Å². The zero-order valence-corrected chi connectivity index (χ0v) is 11.6. The molecule has 0 radical (unpaired) electrons. The number of carbonyl (C=O) groups excluding carboxylic acids is 1. The van der Waals surface area contributed by atoms with E-state index in [0.29, 0.717) is 12.5 Å². The first kappa shape index (κ1) is 16.4. The first-order valence-corrected chi connectivity index (χ1v) is 6.48. The second kappa shape index (κ2) is 7.79. The Hall–Kier alpha value is -1.69. The summed E-state index contributed by atoms with van der Waals surface area (Å²) in [5, 5.41) is 2.74. The summed E-state index contributed by atoms with van der Waals surface area (Å²) in [6, 6.07) is 5.70. The molecule has 1 aromatic rings. The Bertz CT molecular complexity index is 439. The molecule has 0 aliphatic rings. The fraction of sp³-hybridized carbons (Fsp3) is 0.500. The molecule has 1 rings (SSSR count). The van der Waals surface area contributed by atoms with E-state index in [1.807, 2.05) is 13.8 Å². The molecule has 0 fully saturated rings. The topological polar surface area (TPSA) is 64.3 Å². The monoisotopic (exact) mass is 286 g/mol. The maximum Gasteiger partial charge on any atom is 0.387 e. The maximum atomic E-state index is 12.3. The highest BCUT2D eigenvalue weighted by Gasteiger charge is 2.18. The molecule has 0 saturated carbocycles. The van der Waals surface area contributed by atoms with Crippen molar-refractivity contribution in [3.05, 3.63) is 29.8 Å². The predicted octanol–water partition coefficient (Wildman–Crippen LogP) is 2.39. The Morgan fingerprint density at radius 1 is 1.35 bits per heavy atom. The largest absolute Gasteiger partial charge is 0.434 e. The van der Waals surface area contributed by atoms with Gasteiger partial charge in [0.25, 0.3) is 5.91 Å². The predicted molar refractivity (Wildman–Crippen MR) is 72.8 cm³/mol. The van der Waals surface area contributed by atoms with Gasteiger partial charge in [-0.25, -0.2) is 0 Å². The van der Waals surface area contributed by atoms with E-state index in [4.69, 9.17) is 5.73 Å². The summed E-state index contributed by atoms with van der Waals surface area (Å²) in [7, 11) is 0. The fourth-order valence-electron chi connectivity index (χ4n) is 1.90. The highest BCUT2D eigenvalue weighted by atomic mass is 19.3. The van der Waals surface area contributed by atoms with E-state index in [1.165, 1.54) is 18.2 Å². The van der Waals surface area contributed by atoms with Gasteiger partial charge in [-0.1, -0.05) is 26.0 Å². The molecular weight excluding hydrogens is 266 g/mol. The molecule has 1 amide bonds. The van der Waals surface area contributed by atoms with Crippen LogP contribution >= 0.6 is 0 Å². The van der Waals surface area contributed by atoms with Crippen LogP contribution in [0.4, 0.5) is 8.78 Å². The van der Waals surface area contributed by atoms with Crippen LogP contribution in [-0.2, 0) is 0 Å². The zero-order valence-electron chi connectivity index (χ0n) is 11.6. The van der Waals surface area contributed by atoms with Crippen LogP contribution in [0, 0.1) is 5.92 Å². The number of nitrogens with two attached hydrogens (primary N) is 1. The Labute approximate surface area is 117 Å². The summed E-state index contributed by atoms with van der Waals surface area (Å²) in [6.45, 7) is 1.36. The molecule has 6 heteroatoms. The minimum absolute atomic E-state index is 0.0787. The van der Waals surface area contributed by atoms with Crippen LogP contribution in [0.2, 0.25) is 0 Å². The number of nitrogens with one attached hydrogen (secondary N) is 1. The number of benzene rings is 1. The normalized spacial score (nSPS) is 12.6. The van der Waals surface area contributed by atoms with Crippen molar-refractivity contribution >= 4 is 5.91 Å². The number of alkyl halides is 2. The van der Waals surface area contributed by atoms with Crippen molar-refractivity contribution in [3.63, 3.8) is 0 Å². The van der Waals surface area contributed by atoms with Gasteiger partial charge >= 0.3 is 6.61 Å². The van der Waals surface area contributed by atoms with Crippen LogP contribution in [0.25, 0.3) is 0 Å². The lowest BCUT2D eigenvalue weighted by atomic mass is 10.0. The van der Waals surface area contributed by atoms with Gasteiger partial charge in [0.15, 0.2) is 0 Å². The zero-order chi connectivity index (χ0) is 15.1. The van der Waals surface area contributed by atoms with Gasteiger partial charge in [0.2, 0.25) is 0 Å². The smallest absolute Gasteiger partial charge is 0.387 e. The van der Waals surface area contributed by atoms with Crippen molar-refractivity contribution in [1.82, 2.24) is 5.32 Å². The van der Waals surface area contributed by atoms with Crippen LogP contribution in [-0.4, -0.2) is 25.1 Å². The van der Waals surface area contributed by atoms with Crippen molar-refractivity contribution in [2.24, 2.45) is 11.7 Å². The van der Waals surface area contributed by atoms with Crippen LogP contribution in [0.3, 0.4) is 0 Å². The molecule has 0 bridgehead atoms. The first-order chi connectivity index (χ1) is 9.43. The Morgan fingerprint density at radius 2 is 2.00 bits per heavy atom. The van der Waals surface area contributed by atoms with E-state index < -0.39 is 12.5 Å². The van der Waals surface area contributed by atoms with Crippen molar-refractivity contribution in [1.29, 1.82) is 0 Å². The number of halogens is 2. The third-order valence-electron chi connectivity index (χ3n) is 2.72. The number of carbonyl (C=O) groups is 1. The number of rotatable bonds is 7. The molecule has 20 heavy (non-hydrogen) atoms. The lowest BCUT2D eigenvalue weighted by molar-refractivity contribution is -0.0501. The Kier molecular flexibility index (Phi) is 6.38. The van der Waals surface area contributed by atoms with Gasteiger partial charge in [-0.2, -0.15) is 8.78 Å². The van der Waals surface area contributed by atoms with Crippen LogP contribution < -0.4 is 15.8 Å². The Morgan fingerprint density at radius 3 is 2.55 bits per heavy atom. The lowest BCUT2D eigenvalue weighted by Gasteiger charge is -2.19. The summed E-state index contributed by atoms with van der Waals surface area (Å²) < 4.78 is 28.9. The highest BCUT2D eigenvalue weighted by Crippen LogP contribution is 2.20. The lowest BCUT2D eigenvalue weighted by Crippen LogP contribution is -2.41. The van der Waals surface area contributed by atoms with Gasteiger partial charge in [-0.15, -0.1) is 0 Å². The summed E-state index contributed by atoms with van der Waals surface area (Å²) in [6.07, 6.45) is 0.722. The van der Waals surface area contributed by atoms with E-state index in [2.05, 4.69) is 10.1 Å². The van der Waals surface area contributed by atoms with Crippen molar-refractivity contribution in [2.45, 2.75) is 32.9 Å². The summed E-state index contributed by atoms with van der Waals surface area (Å²) >= 11 is 0. The summed E-state index contributed by atoms with van der Waals surface area (Å²) in [4.78, 5) is 12.1. The molecule has 0 aromatic heterocycles. The minimum atomic E-state index is -2.97. The Balaban J connectivity index is 2.80. The van der Waals surface area contributed by atoms with Crippen molar-refractivity contribution in [3.8, 4) is 5.75 Å². The molecule has 0 heterocycles. The van der Waals surface area contributed by atoms with Gasteiger partial charge in [0, 0.05) is 12.6 Å². The number of hydrogen-bond acceptors (Lipinski definition) is 3. The number of amides is 1. The number of ether oxygens (including phenoxy) is 1. The second-order valence-corrected chi connectivity index (χ2v) is 4.91. The third kappa shape index (κ3) is 5.13. The third-order valence-corrected chi connectivity index (χ3v) is 2.72. The maximum absolute atomic E-state index is 12.3. The molecule has 0 aliphatic carbocycles. The van der Waals surface area contributed by atoms with Gasteiger partial charge in [-0.05, 0) is 24.5 Å². The number of para-hydroxylation sites is 1. The minimum Gasteiger partial charge on any atom is -0.434 e. The van der Waals surface area contributed by atoms with E-state index >= 15 is 0 Å². The number of hydrogen-bond donors (Lipinski definition) is 2. The molecule has 1 atom stereocenters. The average Bonchev–Trinajstić information content (AvgIpc) is 2.37. The summed E-state index contributed by atoms with van der Waals surface area (Å²) in [5.41, 5.74) is 5.68. The highest BCUT2D eigenvalue weighted by molar-refractivity contribution is 5.97. The molecule has 1 unspecified atom stereocenters. The molecule has 112 valence electrons. The van der Waals surface area contributed by atoms with Gasteiger partial charge in [-0.3, -0.25) is 4.79 Å². The van der Waals surface area contributed by atoms with E-state index in [9.17, 15) is 13.6 Å². The molecule has 4 nitrogen and oxygen atoms in total. The molecule has 0 saturated heterocycles. The molecule has 1 aromatic carbocycles. The van der Waals surface area contributed by atoms with Gasteiger partial charge < -0.3 is 15.8 Å². The van der Waals surface area contributed by atoms with E-state index in [1.54, 1.807) is 6.07 Å².